The number of benzene rings is 2. The van der Waals surface area contributed by atoms with E-state index < -0.39 is 0 Å². The summed E-state index contributed by atoms with van der Waals surface area (Å²) in [5, 5.41) is 0. The van der Waals surface area contributed by atoms with Crippen molar-refractivity contribution in [3.8, 4) is 0 Å². The van der Waals surface area contributed by atoms with Crippen molar-refractivity contribution in [2.45, 2.75) is 18.8 Å². The number of carbonyl (C=O) groups excluding carboxylic acids is 1. The number of nitrogens with one attached hydrogen (secondary N) is 1. The second-order valence-electron chi connectivity index (χ2n) is 6.53. The monoisotopic (exact) mass is 329 g/mol. The van der Waals surface area contributed by atoms with Gasteiger partial charge in [-0.05, 0) is 42.5 Å². The molecule has 124 valence electrons. The Morgan fingerprint density at radius 1 is 0.880 bits per heavy atom. The summed E-state index contributed by atoms with van der Waals surface area (Å²) in [4.78, 5) is 12.6. The predicted molar refractivity (Wildman–Crippen MR) is 97.8 cm³/mol. The van der Waals surface area contributed by atoms with Gasteiger partial charge in [0, 0.05) is 17.7 Å². The van der Waals surface area contributed by atoms with Crippen LogP contribution in [-0.2, 0) is 0 Å². The third kappa shape index (κ3) is 3.45. The number of hydrogen-bond donors (Lipinski definition) is 1. The molecule has 1 aliphatic carbocycles. The molecule has 0 spiro atoms. The highest BCUT2D eigenvalue weighted by Crippen LogP contribution is 2.45. The Labute approximate surface area is 147 Å². The molecule has 25 heavy (non-hydrogen) atoms. The second-order valence-corrected chi connectivity index (χ2v) is 6.53. The number of hydrogen-bond acceptors (Lipinski definition) is 1. The number of nitrogens with zero attached hydrogens (tertiary/aromatic N) is 1. The van der Waals surface area contributed by atoms with Gasteiger partial charge in [-0.1, -0.05) is 53.2 Å². The van der Waals surface area contributed by atoms with E-state index in [1.807, 2.05) is 59.4 Å². The largest absolute Gasteiger partial charge is 0.305 e. The van der Waals surface area contributed by atoms with Gasteiger partial charge in [-0.15, -0.1) is 5.43 Å². The molecular weight excluding hydrogens is 308 g/mol. The van der Waals surface area contributed by atoms with Crippen LogP contribution >= 0.6 is 0 Å². The maximum Gasteiger partial charge on any atom is 0.305 e. The quantitative estimate of drug-likeness (QED) is 0.708. The van der Waals surface area contributed by atoms with Crippen LogP contribution in [0.3, 0.4) is 0 Å². The Morgan fingerprint density at radius 3 is 2.20 bits per heavy atom. The topological polar surface area (TPSA) is 33.0 Å². The Balaban J connectivity index is 1.67. The molecule has 1 saturated carbocycles. The molecule has 1 aromatic heterocycles. The average Bonchev–Trinajstić information content (AvgIpc) is 3.50. The van der Waals surface area contributed by atoms with Gasteiger partial charge < -0.3 is 0 Å². The van der Waals surface area contributed by atoms with E-state index in [-0.39, 0.29) is 5.91 Å². The van der Waals surface area contributed by atoms with Crippen molar-refractivity contribution in [2.75, 3.05) is 5.43 Å². The van der Waals surface area contributed by atoms with Crippen molar-refractivity contribution in [3.05, 3.63) is 102 Å². The maximum absolute atomic E-state index is 12.6. The number of amides is 1. The SMILES string of the molecule is O=C(N[n+]1ccccc1C(c1ccccc1)C1CC1)c1ccccc1. The van der Waals surface area contributed by atoms with Crippen LogP contribution in [0, 0.1) is 5.92 Å². The zero-order chi connectivity index (χ0) is 17.1. The van der Waals surface area contributed by atoms with E-state index in [0.717, 1.165) is 5.69 Å². The molecular formula is C22H21N2O+. The van der Waals surface area contributed by atoms with Crippen LogP contribution in [0.15, 0.2) is 85.1 Å². The molecule has 0 saturated heterocycles. The summed E-state index contributed by atoms with van der Waals surface area (Å²) < 4.78 is 1.88. The summed E-state index contributed by atoms with van der Waals surface area (Å²) in [5.74, 6) is 0.851. The summed E-state index contributed by atoms with van der Waals surface area (Å²) in [6.45, 7) is 0. The van der Waals surface area contributed by atoms with E-state index >= 15 is 0 Å². The van der Waals surface area contributed by atoms with Crippen LogP contribution in [0.5, 0.6) is 0 Å². The summed E-state index contributed by atoms with van der Waals surface area (Å²) in [6, 6.07) is 26.0. The fourth-order valence-electron chi connectivity index (χ4n) is 3.35. The number of carbonyl (C=O) groups is 1. The minimum atomic E-state index is -0.0966. The minimum Gasteiger partial charge on any atom is -0.264 e. The fourth-order valence-corrected chi connectivity index (χ4v) is 3.35. The van der Waals surface area contributed by atoms with Gasteiger partial charge >= 0.3 is 5.91 Å². The molecule has 0 aliphatic heterocycles. The van der Waals surface area contributed by atoms with Crippen molar-refractivity contribution in [2.24, 2.45) is 5.92 Å². The Kier molecular flexibility index (Phi) is 4.30. The van der Waals surface area contributed by atoms with E-state index in [4.69, 9.17) is 0 Å². The lowest BCUT2D eigenvalue weighted by Gasteiger charge is -2.15. The Bertz CT molecular complexity index is 857. The molecule has 1 fully saturated rings. The minimum absolute atomic E-state index is 0.0966. The van der Waals surface area contributed by atoms with Gasteiger partial charge in [0.2, 0.25) is 5.69 Å². The van der Waals surface area contributed by atoms with E-state index in [1.54, 1.807) is 0 Å². The number of pyridine rings is 1. The van der Waals surface area contributed by atoms with Crippen LogP contribution in [0.1, 0.15) is 40.4 Å². The molecule has 1 heterocycles. The van der Waals surface area contributed by atoms with Crippen molar-refractivity contribution >= 4 is 5.91 Å². The smallest absolute Gasteiger partial charge is 0.264 e. The lowest BCUT2D eigenvalue weighted by Crippen LogP contribution is -2.52. The third-order valence-corrected chi connectivity index (χ3v) is 4.72. The lowest BCUT2D eigenvalue weighted by molar-refractivity contribution is -0.650. The zero-order valence-corrected chi connectivity index (χ0v) is 14.0. The molecule has 4 rings (SSSR count). The standard InChI is InChI=1S/C22H20N2O/c25-22(19-11-5-2-6-12-19)23-24-16-8-7-13-20(24)21(18-14-15-18)17-9-3-1-4-10-17/h1-13,16,18,21H,14-15H2/p+1. The Morgan fingerprint density at radius 2 is 1.52 bits per heavy atom. The van der Waals surface area contributed by atoms with Crippen LogP contribution in [0.2, 0.25) is 0 Å². The van der Waals surface area contributed by atoms with Crippen LogP contribution < -0.4 is 10.1 Å². The molecule has 1 amide bonds. The van der Waals surface area contributed by atoms with Crippen LogP contribution in [0.25, 0.3) is 0 Å². The molecule has 3 aromatic rings. The van der Waals surface area contributed by atoms with Crippen LogP contribution in [-0.4, -0.2) is 5.91 Å². The fraction of sp³-hybridized carbons (Fsp3) is 0.182. The van der Waals surface area contributed by atoms with Crippen molar-refractivity contribution in [1.29, 1.82) is 0 Å². The highest BCUT2D eigenvalue weighted by atomic mass is 16.2. The van der Waals surface area contributed by atoms with Gasteiger partial charge in [0.15, 0.2) is 6.20 Å². The first-order valence-electron chi connectivity index (χ1n) is 8.75. The van der Waals surface area contributed by atoms with Gasteiger partial charge in [-0.3, -0.25) is 4.79 Å². The molecule has 1 unspecified atom stereocenters. The zero-order valence-electron chi connectivity index (χ0n) is 14.0. The number of aromatic nitrogens is 1. The summed E-state index contributed by atoms with van der Waals surface area (Å²) in [6.07, 6.45) is 4.40. The van der Waals surface area contributed by atoms with E-state index in [1.165, 1.54) is 18.4 Å². The average molecular weight is 329 g/mol. The summed E-state index contributed by atoms with van der Waals surface area (Å²) in [7, 11) is 0. The summed E-state index contributed by atoms with van der Waals surface area (Å²) in [5.41, 5.74) is 6.13. The highest BCUT2D eigenvalue weighted by Gasteiger charge is 2.38. The second kappa shape index (κ2) is 6.89. The third-order valence-electron chi connectivity index (χ3n) is 4.72. The first-order valence-corrected chi connectivity index (χ1v) is 8.75. The lowest BCUT2D eigenvalue weighted by atomic mass is 9.90. The molecule has 3 heteroatoms. The highest BCUT2D eigenvalue weighted by molar-refractivity contribution is 5.98. The van der Waals surface area contributed by atoms with Crippen molar-refractivity contribution in [1.82, 2.24) is 0 Å². The normalized spacial score (nSPS) is 14.7. The van der Waals surface area contributed by atoms with E-state index in [2.05, 4.69) is 35.8 Å². The van der Waals surface area contributed by atoms with Gasteiger partial charge in [0.25, 0.3) is 0 Å². The maximum atomic E-state index is 12.6. The van der Waals surface area contributed by atoms with Gasteiger partial charge in [0.1, 0.15) is 0 Å². The molecule has 1 N–H and O–H groups in total. The van der Waals surface area contributed by atoms with Crippen molar-refractivity contribution in [3.63, 3.8) is 0 Å². The van der Waals surface area contributed by atoms with Crippen LogP contribution in [0.4, 0.5) is 0 Å². The van der Waals surface area contributed by atoms with E-state index in [9.17, 15) is 4.79 Å². The van der Waals surface area contributed by atoms with Crippen molar-refractivity contribution < 1.29 is 9.47 Å². The van der Waals surface area contributed by atoms with Gasteiger partial charge in [-0.2, -0.15) is 0 Å². The predicted octanol–water partition coefficient (Wildman–Crippen LogP) is 3.90. The Hall–Kier alpha value is -2.94. The molecule has 3 nitrogen and oxygen atoms in total. The first kappa shape index (κ1) is 15.6. The van der Waals surface area contributed by atoms with E-state index in [0.29, 0.717) is 17.4 Å². The first-order chi connectivity index (χ1) is 12.3. The molecule has 1 aliphatic rings. The molecule has 0 radical (unpaired) electrons. The van der Waals surface area contributed by atoms with Gasteiger partial charge in [-0.25, -0.2) is 0 Å². The number of rotatable bonds is 5. The van der Waals surface area contributed by atoms with Gasteiger partial charge in [0.05, 0.1) is 5.92 Å². The molecule has 1 atom stereocenters. The molecule has 0 bridgehead atoms. The molecule has 2 aromatic carbocycles. The summed E-state index contributed by atoms with van der Waals surface area (Å²) >= 11 is 0.